The lowest BCUT2D eigenvalue weighted by molar-refractivity contribution is -0.135. The van der Waals surface area contributed by atoms with Gasteiger partial charge >= 0.3 is 0 Å². The molecule has 1 aliphatic rings. The van der Waals surface area contributed by atoms with Crippen LogP contribution in [-0.2, 0) is 17.8 Å². The first-order chi connectivity index (χ1) is 13.1. The van der Waals surface area contributed by atoms with E-state index in [9.17, 15) is 4.79 Å². The monoisotopic (exact) mass is 410 g/mol. The molecule has 0 N–H and O–H groups in total. The second-order valence-corrected chi connectivity index (χ2v) is 7.32. The van der Waals surface area contributed by atoms with Gasteiger partial charge < -0.3 is 14.2 Å². The van der Waals surface area contributed by atoms with Crippen LogP contribution in [0.2, 0.25) is 10.0 Å². The molecule has 1 aromatic heterocycles. The van der Waals surface area contributed by atoms with Gasteiger partial charge in [-0.1, -0.05) is 30.1 Å². The summed E-state index contributed by atoms with van der Waals surface area (Å²) >= 11 is 11.9. The number of benzene rings is 1. The van der Waals surface area contributed by atoms with Crippen molar-refractivity contribution in [3.63, 3.8) is 0 Å². The highest BCUT2D eigenvalue weighted by molar-refractivity contribution is 6.35. The van der Waals surface area contributed by atoms with Crippen LogP contribution < -0.4 is 4.74 Å². The number of carbonyl (C=O) groups excluding carboxylic acids is 1. The second-order valence-electron chi connectivity index (χ2n) is 6.48. The Kier molecular flexibility index (Phi) is 6.99. The first-order valence-electron chi connectivity index (χ1n) is 9.15. The number of ether oxygens (including phenoxy) is 1. The highest BCUT2D eigenvalue weighted by Crippen LogP contribution is 2.27. The number of imidazole rings is 1. The van der Waals surface area contributed by atoms with Gasteiger partial charge in [-0.3, -0.25) is 9.69 Å². The molecule has 1 aromatic carbocycles. The predicted molar refractivity (Wildman–Crippen MR) is 107 cm³/mol. The van der Waals surface area contributed by atoms with Gasteiger partial charge in [0, 0.05) is 63.1 Å². The number of hydrogen-bond donors (Lipinski definition) is 0. The Bertz CT molecular complexity index is 773. The second kappa shape index (κ2) is 9.44. The number of carbonyl (C=O) groups is 1. The first-order valence-corrected chi connectivity index (χ1v) is 9.90. The van der Waals surface area contributed by atoms with Gasteiger partial charge in [-0.05, 0) is 18.2 Å². The summed E-state index contributed by atoms with van der Waals surface area (Å²) in [6.45, 7) is 7.13. The molecular formula is C19H24Cl2N4O2. The standard InChI is InChI=1S/C19H24Cl2N4O2/c1-2-18-22-5-6-24(18)10-7-23-8-11-25(12-9-23)19(26)14-27-17-4-3-15(20)13-16(17)21/h3-6,13H,2,7-12,14H2,1H3. The normalized spacial score (nSPS) is 15.1. The fourth-order valence-electron chi connectivity index (χ4n) is 3.15. The Morgan fingerprint density at radius 1 is 1.19 bits per heavy atom. The summed E-state index contributed by atoms with van der Waals surface area (Å²) in [7, 11) is 0. The number of rotatable bonds is 7. The Hall–Kier alpha value is -1.76. The minimum Gasteiger partial charge on any atom is -0.482 e. The average molecular weight is 411 g/mol. The Morgan fingerprint density at radius 2 is 1.96 bits per heavy atom. The van der Waals surface area contributed by atoms with Crippen LogP contribution in [-0.4, -0.2) is 64.6 Å². The number of hydrogen-bond acceptors (Lipinski definition) is 4. The Balaban J connectivity index is 1.41. The lowest BCUT2D eigenvalue weighted by Gasteiger charge is -2.34. The Labute approximate surface area is 169 Å². The maximum atomic E-state index is 12.4. The van der Waals surface area contributed by atoms with Crippen molar-refractivity contribution in [2.45, 2.75) is 19.9 Å². The van der Waals surface area contributed by atoms with E-state index in [0.717, 1.165) is 38.4 Å². The average Bonchev–Trinajstić information content (AvgIpc) is 3.13. The number of piperazine rings is 1. The number of aromatic nitrogens is 2. The molecule has 1 amide bonds. The molecule has 1 saturated heterocycles. The van der Waals surface area contributed by atoms with Crippen molar-refractivity contribution in [1.29, 1.82) is 0 Å². The molecule has 1 aliphatic heterocycles. The zero-order chi connectivity index (χ0) is 19.2. The molecular weight excluding hydrogens is 387 g/mol. The highest BCUT2D eigenvalue weighted by Gasteiger charge is 2.21. The van der Waals surface area contributed by atoms with Crippen LogP contribution in [0.15, 0.2) is 30.6 Å². The summed E-state index contributed by atoms with van der Waals surface area (Å²) in [6.07, 6.45) is 4.81. The van der Waals surface area contributed by atoms with Crippen LogP contribution in [0.5, 0.6) is 5.75 Å². The van der Waals surface area contributed by atoms with Crippen molar-refractivity contribution in [3.05, 3.63) is 46.5 Å². The van der Waals surface area contributed by atoms with Gasteiger partial charge in [0.15, 0.2) is 6.61 Å². The van der Waals surface area contributed by atoms with E-state index in [-0.39, 0.29) is 12.5 Å². The van der Waals surface area contributed by atoms with E-state index in [1.807, 2.05) is 17.3 Å². The van der Waals surface area contributed by atoms with E-state index < -0.39 is 0 Å². The van der Waals surface area contributed by atoms with Crippen LogP contribution in [0.25, 0.3) is 0 Å². The van der Waals surface area contributed by atoms with Crippen molar-refractivity contribution >= 4 is 29.1 Å². The molecule has 6 nitrogen and oxygen atoms in total. The smallest absolute Gasteiger partial charge is 0.260 e. The third-order valence-corrected chi connectivity index (χ3v) is 5.28. The summed E-state index contributed by atoms with van der Waals surface area (Å²) in [4.78, 5) is 21.0. The SMILES string of the molecule is CCc1nccn1CCN1CCN(C(=O)COc2ccc(Cl)cc2Cl)CC1. The molecule has 0 saturated carbocycles. The molecule has 3 rings (SSSR count). The summed E-state index contributed by atoms with van der Waals surface area (Å²) in [6, 6.07) is 4.97. The molecule has 0 atom stereocenters. The van der Waals surface area contributed by atoms with E-state index in [4.69, 9.17) is 27.9 Å². The number of amides is 1. The van der Waals surface area contributed by atoms with Gasteiger partial charge in [0.2, 0.25) is 0 Å². The maximum Gasteiger partial charge on any atom is 0.260 e. The van der Waals surface area contributed by atoms with Gasteiger partial charge in [0.05, 0.1) is 5.02 Å². The minimum absolute atomic E-state index is 0.0176. The van der Waals surface area contributed by atoms with Gasteiger partial charge in [-0.15, -0.1) is 0 Å². The maximum absolute atomic E-state index is 12.4. The van der Waals surface area contributed by atoms with E-state index >= 15 is 0 Å². The molecule has 27 heavy (non-hydrogen) atoms. The lowest BCUT2D eigenvalue weighted by Crippen LogP contribution is -2.50. The zero-order valence-corrected chi connectivity index (χ0v) is 16.9. The fourth-order valence-corrected chi connectivity index (χ4v) is 3.61. The Morgan fingerprint density at radius 3 is 2.67 bits per heavy atom. The van der Waals surface area contributed by atoms with Gasteiger partial charge in [-0.2, -0.15) is 0 Å². The molecule has 8 heteroatoms. The zero-order valence-electron chi connectivity index (χ0n) is 15.4. The molecule has 2 heterocycles. The van der Waals surface area contributed by atoms with E-state index in [2.05, 4.69) is 21.4 Å². The van der Waals surface area contributed by atoms with Crippen LogP contribution in [0, 0.1) is 0 Å². The van der Waals surface area contributed by atoms with E-state index in [1.54, 1.807) is 18.2 Å². The molecule has 0 bridgehead atoms. The summed E-state index contributed by atoms with van der Waals surface area (Å²) in [5.74, 6) is 1.56. The van der Waals surface area contributed by atoms with Crippen molar-refractivity contribution in [2.24, 2.45) is 0 Å². The topological polar surface area (TPSA) is 50.6 Å². The van der Waals surface area contributed by atoms with Crippen LogP contribution in [0.3, 0.4) is 0 Å². The van der Waals surface area contributed by atoms with Crippen molar-refractivity contribution < 1.29 is 9.53 Å². The number of aryl methyl sites for hydroxylation is 1. The predicted octanol–water partition coefficient (Wildman–Crippen LogP) is 2.98. The summed E-state index contributed by atoms with van der Waals surface area (Å²) < 4.78 is 7.75. The fraction of sp³-hybridized carbons (Fsp3) is 0.474. The van der Waals surface area contributed by atoms with Crippen molar-refractivity contribution in [1.82, 2.24) is 19.4 Å². The molecule has 0 unspecified atom stereocenters. The molecule has 0 spiro atoms. The van der Waals surface area contributed by atoms with Crippen molar-refractivity contribution in [3.8, 4) is 5.75 Å². The molecule has 0 aliphatic carbocycles. The van der Waals surface area contributed by atoms with Gasteiger partial charge in [-0.25, -0.2) is 4.98 Å². The molecule has 2 aromatic rings. The van der Waals surface area contributed by atoms with E-state index in [0.29, 0.717) is 28.9 Å². The van der Waals surface area contributed by atoms with Gasteiger partial charge in [0.1, 0.15) is 11.6 Å². The van der Waals surface area contributed by atoms with Crippen LogP contribution in [0.1, 0.15) is 12.7 Å². The summed E-state index contributed by atoms with van der Waals surface area (Å²) in [5.41, 5.74) is 0. The molecule has 1 fully saturated rings. The summed E-state index contributed by atoms with van der Waals surface area (Å²) in [5, 5.41) is 0.947. The first kappa shape index (κ1) is 20.0. The molecule has 0 radical (unpaired) electrons. The van der Waals surface area contributed by atoms with Crippen LogP contribution in [0.4, 0.5) is 0 Å². The van der Waals surface area contributed by atoms with E-state index in [1.165, 1.54) is 0 Å². The molecule has 146 valence electrons. The number of nitrogens with zero attached hydrogens (tertiary/aromatic N) is 4. The third kappa shape index (κ3) is 5.37. The minimum atomic E-state index is -0.0245. The van der Waals surface area contributed by atoms with Gasteiger partial charge in [0.25, 0.3) is 5.91 Å². The number of halogens is 2. The van der Waals surface area contributed by atoms with Crippen molar-refractivity contribution in [2.75, 3.05) is 39.3 Å². The third-order valence-electron chi connectivity index (χ3n) is 4.75. The highest BCUT2D eigenvalue weighted by atomic mass is 35.5. The quantitative estimate of drug-likeness (QED) is 0.703. The largest absolute Gasteiger partial charge is 0.482 e. The van der Waals surface area contributed by atoms with Crippen LogP contribution >= 0.6 is 23.2 Å². The lowest BCUT2D eigenvalue weighted by atomic mass is 10.3.